The monoisotopic (exact) mass is 446 g/mol. The molecule has 0 spiro atoms. The van der Waals surface area contributed by atoms with Gasteiger partial charge in [0.15, 0.2) is 0 Å². The maximum atomic E-state index is 13.1. The van der Waals surface area contributed by atoms with Gasteiger partial charge in [-0.15, -0.1) is 11.3 Å². The summed E-state index contributed by atoms with van der Waals surface area (Å²) in [5.41, 5.74) is 1.30. The number of hydrogen-bond donors (Lipinski definition) is 0. The number of benzene rings is 2. The minimum atomic E-state index is -2.96. The van der Waals surface area contributed by atoms with E-state index in [2.05, 4.69) is 4.98 Å². The molecule has 0 atom stereocenters. The van der Waals surface area contributed by atoms with Crippen LogP contribution in [0.2, 0.25) is 0 Å². The Balaban J connectivity index is 1.39. The van der Waals surface area contributed by atoms with Crippen molar-refractivity contribution in [3.8, 4) is 11.5 Å². The van der Waals surface area contributed by atoms with E-state index in [0.29, 0.717) is 11.3 Å². The Labute approximate surface area is 176 Å². The standard InChI is InChI=1S/C19H19N4O5PS/c1-13-20-16-11-15(3-5-19(16)30-13)28-18-10-14(2-4-17(18)23(24)25)12-27-29(26,21-6-7-21)22-8-9-22/h2-5,10-11H,6-9,12H2,1H3. The van der Waals surface area contributed by atoms with Gasteiger partial charge < -0.3 is 9.26 Å². The largest absolute Gasteiger partial charge is 0.450 e. The van der Waals surface area contributed by atoms with Gasteiger partial charge in [0.25, 0.3) is 0 Å². The molecule has 2 aromatic carbocycles. The zero-order chi connectivity index (χ0) is 20.9. The molecule has 2 saturated heterocycles. The van der Waals surface area contributed by atoms with E-state index in [1.54, 1.807) is 35.6 Å². The highest BCUT2D eigenvalue weighted by Gasteiger charge is 2.49. The number of hydrogen-bond acceptors (Lipinski definition) is 7. The van der Waals surface area contributed by atoms with E-state index in [0.717, 1.165) is 41.4 Å². The third-order valence-corrected chi connectivity index (χ3v) is 8.52. The number of fused-ring (bicyclic) bond motifs is 1. The summed E-state index contributed by atoms with van der Waals surface area (Å²) < 4.78 is 29.4. The van der Waals surface area contributed by atoms with Gasteiger partial charge in [-0.25, -0.2) is 14.3 Å². The number of ether oxygens (including phenoxy) is 1. The maximum absolute atomic E-state index is 13.1. The molecular formula is C19H19N4O5PS. The normalized spacial score (nSPS) is 16.7. The van der Waals surface area contributed by atoms with Gasteiger partial charge in [0, 0.05) is 38.3 Å². The molecule has 5 rings (SSSR count). The summed E-state index contributed by atoms with van der Waals surface area (Å²) in [5.74, 6) is 0.577. The third-order valence-electron chi connectivity index (χ3n) is 4.88. The lowest BCUT2D eigenvalue weighted by Crippen LogP contribution is -2.08. The summed E-state index contributed by atoms with van der Waals surface area (Å²) in [5, 5.41) is 12.4. The second kappa shape index (κ2) is 7.40. The summed E-state index contributed by atoms with van der Waals surface area (Å²) in [6.07, 6.45) is 0. The zero-order valence-electron chi connectivity index (χ0n) is 16.2. The lowest BCUT2D eigenvalue weighted by molar-refractivity contribution is -0.385. The molecule has 0 bridgehead atoms. The molecule has 2 aliphatic rings. The number of nitro benzene ring substituents is 1. The van der Waals surface area contributed by atoms with Crippen molar-refractivity contribution in [3.05, 3.63) is 57.1 Å². The SMILES string of the molecule is Cc1nc2cc(Oc3cc(COP(=O)(N4CC4)N4CC4)ccc3[N+](=O)[O-])ccc2s1. The topological polar surface area (TPSA) is 97.6 Å². The van der Waals surface area contributed by atoms with Crippen LogP contribution >= 0.6 is 19.0 Å². The molecule has 0 saturated carbocycles. The van der Waals surface area contributed by atoms with Crippen molar-refractivity contribution in [2.75, 3.05) is 26.2 Å². The predicted molar refractivity (Wildman–Crippen MR) is 113 cm³/mol. The Morgan fingerprint density at radius 1 is 1.17 bits per heavy atom. The summed E-state index contributed by atoms with van der Waals surface area (Å²) in [6.45, 7) is 5.07. The second-order valence-electron chi connectivity index (χ2n) is 7.20. The van der Waals surface area contributed by atoms with Crippen molar-refractivity contribution >= 4 is 34.9 Å². The van der Waals surface area contributed by atoms with E-state index in [1.165, 1.54) is 6.07 Å². The van der Waals surface area contributed by atoms with Gasteiger partial charge in [0.1, 0.15) is 5.75 Å². The summed E-state index contributed by atoms with van der Waals surface area (Å²) in [6, 6.07) is 9.98. The molecule has 3 aromatic rings. The molecule has 9 nitrogen and oxygen atoms in total. The Hall–Kier alpha value is -2.36. The van der Waals surface area contributed by atoms with Crippen LogP contribution in [-0.2, 0) is 15.7 Å². The molecule has 0 aliphatic carbocycles. The molecule has 0 radical (unpaired) electrons. The highest BCUT2D eigenvalue weighted by atomic mass is 32.1. The minimum Gasteiger partial charge on any atom is -0.450 e. The van der Waals surface area contributed by atoms with Crippen molar-refractivity contribution < 1.29 is 18.7 Å². The number of aromatic nitrogens is 1. The zero-order valence-corrected chi connectivity index (χ0v) is 17.9. The first-order chi connectivity index (χ1) is 14.4. The fourth-order valence-corrected chi connectivity index (χ4v) is 6.19. The van der Waals surface area contributed by atoms with Crippen LogP contribution in [0.5, 0.6) is 11.5 Å². The van der Waals surface area contributed by atoms with Gasteiger partial charge in [0.05, 0.1) is 26.8 Å². The lowest BCUT2D eigenvalue weighted by atomic mass is 10.2. The van der Waals surface area contributed by atoms with E-state index in [9.17, 15) is 14.7 Å². The Morgan fingerprint density at radius 3 is 2.57 bits per heavy atom. The van der Waals surface area contributed by atoms with E-state index >= 15 is 0 Å². The predicted octanol–water partition coefficient (Wildman–Crippen LogP) is 4.56. The molecule has 156 valence electrons. The molecule has 11 heteroatoms. The van der Waals surface area contributed by atoms with Crippen LogP contribution in [0.25, 0.3) is 10.2 Å². The van der Waals surface area contributed by atoms with Crippen LogP contribution in [-0.4, -0.2) is 45.4 Å². The smallest absolute Gasteiger partial charge is 0.346 e. The summed E-state index contributed by atoms with van der Waals surface area (Å²) in [4.78, 5) is 15.4. The van der Waals surface area contributed by atoms with Gasteiger partial charge >= 0.3 is 13.4 Å². The van der Waals surface area contributed by atoms with E-state index in [1.807, 2.05) is 22.3 Å². The van der Waals surface area contributed by atoms with Gasteiger partial charge in [0.2, 0.25) is 5.75 Å². The number of rotatable bonds is 8. The van der Waals surface area contributed by atoms with Crippen LogP contribution < -0.4 is 4.74 Å². The van der Waals surface area contributed by atoms with Crippen molar-refractivity contribution in [1.82, 2.24) is 14.3 Å². The molecule has 0 amide bonds. The number of thiazole rings is 1. The fourth-order valence-electron chi connectivity index (χ4n) is 3.19. The number of nitro groups is 1. The summed E-state index contributed by atoms with van der Waals surface area (Å²) in [7, 11) is -2.96. The Kier molecular flexibility index (Phi) is 4.83. The number of nitrogens with zero attached hydrogens (tertiary/aromatic N) is 4. The van der Waals surface area contributed by atoms with Crippen molar-refractivity contribution in [2.24, 2.45) is 0 Å². The minimum absolute atomic E-state index is 0.0863. The van der Waals surface area contributed by atoms with Gasteiger partial charge in [-0.2, -0.15) is 0 Å². The average molecular weight is 446 g/mol. The van der Waals surface area contributed by atoms with Crippen LogP contribution in [0.4, 0.5) is 5.69 Å². The van der Waals surface area contributed by atoms with Crippen molar-refractivity contribution in [1.29, 1.82) is 0 Å². The molecule has 2 aliphatic heterocycles. The molecular weight excluding hydrogens is 427 g/mol. The molecule has 0 unspecified atom stereocenters. The van der Waals surface area contributed by atoms with Gasteiger partial charge in [-0.1, -0.05) is 0 Å². The van der Waals surface area contributed by atoms with Gasteiger partial charge in [-0.05, 0) is 36.8 Å². The lowest BCUT2D eigenvalue weighted by Gasteiger charge is -2.19. The molecule has 1 aromatic heterocycles. The fraction of sp³-hybridized carbons (Fsp3) is 0.316. The first-order valence-electron chi connectivity index (χ1n) is 9.50. The summed E-state index contributed by atoms with van der Waals surface area (Å²) >= 11 is 1.58. The third kappa shape index (κ3) is 3.84. The van der Waals surface area contributed by atoms with Crippen molar-refractivity contribution in [3.63, 3.8) is 0 Å². The Morgan fingerprint density at radius 2 is 1.90 bits per heavy atom. The molecule has 0 N–H and O–H groups in total. The highest BCUT2D eigenvalue weighted by molar-refractivity contribution is 7.54. The van der Waals surface area contributed by atoms with Crippen LogP contribution in [0.1, 0.15) is 10.6 Å². The molecule has 30 heavy (non-hydrogen) atoms. The molecule has 3 heterocycles. The Bertz CT molecular complexity index is 1170. The molecule has 2 fully saturated rings. The van der Waals surface area contributed by atoms with Crippen molar-refractivity contribution in [2.45, 2.75) is 13.5 Å². The first-order valence-corrected chi connectivity index (χ1v) is 11.8. The quantitative estimate of drug-likeness (QED) is 0.215. The highest BCUT2D eigenvalue weighted by Crippen LogP contribution is 2.61. The van der Waals surface area contributed by atoms with Crippen LogP contribution in [0.3, 0.4) is 0 Å². The maximum Gasteiger partial charge on any atom is 0.346 e. The van der Waals surface area contributed by atoms with Crippen LogP contribution in [0, 0.1) is 17.0 Å². The van der Waals surface area contributed by atoms with E-state index in [4.69, 9.17) is 9.26 Å². The van der Waals surface area contributed by atoms with E-state index < -0.39 is 12.6 Å². The second-order valence-corrected chi connectivity index (χ2v) is 10.8. The number of aryl methyl sites for hydroxylation is 1. The first kappa shape index (κ1) is 19.6. The van der Waals surface area contributed by atoms with E-state index in [-0.39, 0.29) is 18.0 Å². The van der Waals surface area contributed by atoms with Gasteiger partial charge in [-0.3, -0.25) is 14.7 Å². The average Bonchev–Trinajstić information content (AvgIpc) is 3.61. The van der Waals surface area contributed by atoms with Crippen LogP contribution in [0.15, 0.2) is 36.4 Å².